The van der Waals surface area contributed by atoms with Gasteiger partial charge in [-0.25, -0.2) is 0 Å². The van der Waals surface area contributed by atoms with Crippen LogP contribution in [0, 0.1) is 0 Å². The molecule has 0 atom stereocenters. The van der Waals surface area contributed by atoms with Crippen LogP contribution >= 0.6 is 0 Å². The van der Waals surface area contributed by atoms with Crippen molar-refractivity contribution in [2.24, 2.45) is 5.16 Å². The first-order chi connectivity index (χ1) is 8.77. The van der Waals surface area contributed by atoms with Crippen molar-refractivity contribution in [3.8, 4) is 0 Å². The molecule has 0 bridgehead atoms. The van der Waals surface area contributed by atoms with Crippen molar-refractivity contribution < 1.29 is 4.84 Å². The predicted octanol–water partition coefficient (Wildman–Crippen LogP) is 4.58. The van der Waals surface area contributed by atoms with Gasteiger partial charge in [-0.15, -0.1) is 0 Å². The summed E-state index contributed by atoms with van der Waals surface area (Å²) in [7, 11) is 0. The summed E-state index contributed by atoms with van der Waals surface area (Å²) < 4.78 is 0. The molecule has 2 rings (SSSR count). The zero-order valence-electron chi connectivity index (χ0n) is 11.9. The maximum atomic E-state index is 5.30. The van der Waals surface area contributed by atoms with E-state index in [9.17, 15) is 0 Å². The minimum atomic E-state index is 0.554. The van der Waals surface area contributed by atoms with Gasteiger partial charge in [-0.3, -0.25) is 0 Å². The molecule has 98 valence electrons. The quantitative estimate of drug-likeness (QED) is 0.564. The van der Waals surface area contributed by atoms with Crippen molar-refractivity contribution in [3.63, 3.8) is 0 Å². The first kappa shape index (κ1) is 14.5. The largest absolute Gasteiger partial charge is 0.391 e. The normalized spacial score (nSPS) is 12.0. The number of oxime groups is 1. The molecule has 0 N–H and O–H groups in total. The van der Waals surface area contributed by atoms with E-state index in [1.165, 1.54) is 16.7 Å². The molecule has 0 radical (unpaired) electrons. The van der Waals surface area contributed by atoms with Gasteiger partial charge >= 0.3 is 0 Å². The van der Waals surface area contributed by atoms with Gasteiger partial charge < -0.3 is 4.84 Å². The van der Waals surface area contributed by atoms with Crippen molar-refractivity contribution >= 4 is 11.8 Å². The second-order valence-corrected chi connectivity index (χ2v) is 4.24. The van der Waals surface area contributed by atoms with E-state index < -0.39 is 0 Å². The van der Waals surface area contributed by atoms with Crippen LogP contribution in [0.1, 0.15) is 50.8 Å². The summed E-state index contributed by atoms with van der Waals surface area (Å²) in [6, 6.07) is 6.39. The highest BCUT2D eigenvalue weighted by Crippen LogP contribution is 2.23. The summed E-state index contributed by atoms with van der Waals surface area (Å²) >= 11 is 0. The van der Waals surface area contributed by atoms with E-state index in [0.29, 0.717) is 6.61 Å². The van der Waals surface area contributed by atoms with Gasteiger partial charge in [-0.05, 0) is 43.4 Å². The lowest BCUT2D eigenvalue weighted by Crippen LogP contribution is -2.00. The summed E-state index contributed by atoms with van der Waals surface area (Å²) in [6.07, 6.45) is 6.69. The molecule has 0 unspecified atom stereocenters. The third kappa shape index (κ3) is 4.02. The second kappa shape index (κ2) is 7.70. The van der Waals surface area contributed by atoms with Crippen LogP contribution in [0.5, 0.6) is 0 Å². The number of hydrogen-bond acceptors (Lipinski definition) is 2. The number of benzene rings is 1. The molecule has 18 heavy (non-hydrogen) atoms. The minimum Gasteiger partial charge on any atom is -0.391 e. The molecule has 0 aromatic heterocycles. The molecular weight excluding hydrogens is 222 g/mol. The van der Waals surface area contributed by atoms with Gasteiger partial charge in [0, 0.05) is 0 Å². The second-order valence-electron chi connectivity index (χ2n) is 4.24. The molecule has 0 heterocycles. The van der Waals surface area contributed by atoms with Crippen LogP contribution in [-0.2, 0) is 17.9 Å². The van der Waals surface area contributed by atoms with Crippen LogP contribution in [0.2, 0.25) is 0 Å². The summed E-state index contributed by atoms with van der Waals surface area (Å²) in [4.78, 5) is 5.30. The molecule has 0 spiro atoms. The van der Waals surface area contributed by atoms with Crippen LogP contribution in [0.3, 0.4) is 0 Å². The SMILES string of the molecule is CC.CC(C)=NOCc1cccc2c1C=CCC2. The fraction of sp³-hybridized carbons (Fsp3) is 0.438. The van der Waals surface area contributed by atoms with Crippen LogP contribution in [0.15, 0.2) is 29.4 Å². The number of fused-ring (bicyclic) bond motifs is 1. The summed E-state index contributed by atoms with van der Waals surface area (Å²) in [5, 5.41) is 3.96. The molecule has 2 nitrogen and oxygen atoms in total. The van der Waals surface area contributed by atoms with E-state index >= 15 is 0 Å². The summed E-state index contributed by atoms with van der Waals surface area (Å²) in [5.74, 6) is 0. The van der Waals surface area contributed by atoms with E-state index in [-0.39, 0.29) is 0 Å². The number of nitrogens with zero attached hydrogens (tertiary/aromatic N) is 1. The first-order valence-electron chi connectivity index (χ1n) is 6.68. The van der Waals surface area contributed by atoms with Crippen LogP contribution in [-0.4, -0.2) is 5.71 Å². The molecule has 2 heteroatoms. The summed E-state index contributed by atoms with van der Waals surface area (Å²) in [5.41, 5.74) is 4.90. The molecule has 1 aromatic rings. The Balaban J connectivity index is 0.000000771. The van der Waals surface area contributed by atoms with Crippen molar-refractivity contribution in [2.75, 3.05) is 0 Å². The van der Waals surface area contributed by atoms with Gasteiger partial charge in [-0.2, -0.15) is 0 Å². The molecule has 1 aliphatic rings. The molecule has 0 saturated carbocycles. The van der Waals surface area contributed by atoms with Crippen molar-refractivity contribution in [3.05, 3.63) is 41.0 Å². The van der Waals surface area contributed by atoms with E-state index in [1.807, 2.05) is 27.7 Å². The molecule has 0 saturated heterocycles. The fourth-order valence-corrected chi connectivity index (χ4v) is 1.90. The van der Waals surface area contributed by atoms with Crippen molar-refractivity contribution in [2.45, 2.75) is 47.1 Å². The van der Waals surface area contributed by atoms with Gasteiger partial charge in [0.05, 0.1) is 5.71 Å². The highest BCUT2D eigenvalue weighted by atomic mass is 16.6. The smallest absolute Gasteiger partial charge is 0.142 e. The number of allylic oxidation sites excluding steroid dienone is 1. The molecule has 0 fully saturated rings. The lowest BCUT2D eigenvalue weighted by Gasteiger charge is -2.14. The molecular formula is C16H23NO. The number of hydrogen-bond donors (Lipinski definition) is 0. The Morgan fingerprint density at radius 3 is 2.78 bits per heavy atom. The highest BCUT2D eigenvalue weighted by Gasteiger charge is 2.08. The first-order valence-corrected chi connectivity index (χ1v) is 6.68. The molecule has 0 amide bonds. The van der Waals surface area contributed by atoms with Gasteiger partial charge in [0.25, 0.3) is 0 Å². The van der Waals surface area contributed by atoms with Crippen molar-refractivity contribution in [1.29, 1.82) is 0 Å². The Morgan fingerprint density at radius 1 is 1.28 bits per heavy atom. The zero-order valence-corrected chi connectivity index (χ0v) is 11.9. The topological polar surface area (TPSA) is 21.6 Å². The Morgan fingerprint density at radius 2 is 2.06 bits per heavy atom. The zero-order chi connectivity index (χ0) is 13.4. The number of aryl methyl sites for hydroxylation is 1. The van der Waals surface area contributed by atoms with Gasteiger partial charge in [0.2, 0.25) is 0 Å². The average molecular weight is 245 g/mol. The van der Waals surface area contributed by atoms with Crippen LogP contribution < -0.4 is 0 Å². The fourth-order valence-electron chi connectivity index (χ4n) is 1.90. The molecule has 1 aromatic carbocycles. The van der Waals surface area contributed by atoms with E-state index in [1.54, 1.807) is 0 Å². The van der Waals surface area contributed by atoms with E-state index in [4.69, 9.17) is 4.84 Å². The molecule has 1 aliphatic carbocycles. The van der Waals surface area contributed by atoms with E-state index in [0.717, 1.165) is 18.6 Å². The third-order valence-corrected chi connectivity index (χ3v) is 2.62. The average Bonchev–Trinajstić information content (AvgIpc) is 2.41. The van der Waals surface area contributed by atoms with Crippen LogP contribution in [0.4, 0.5) is 0 Å². The van der Waals surface area contributed by atoms with Crippen LogP contribution in [0.25, 0.3) is 6.08 Å². The Kier molecular flexibility index (Phi) is 6.20. The van der Waals surface area contributed by atoms with Gasteiger partial charge in [0.1, 0.15) is 6.61 Å². The number of rotatable bonds is 3. The lowest BCUT2D eigenvalue weighted by molar-refractivity contribution is 0.130. The molecule has 0 aliphatic heterocycles. The third-order valence-electron chi connectivity index (χ3n) is 2.62. The Labute approximate surface area is 110 Å². The van der Waals surface area contributed by atoms with Crippen molar-refractivity contribution in [1.82, 2.24) is 0 Å². The maximum Gasteiger partial charge on any atom is 0.142 e. The lowest BCUT2D eigenvalue weighted by atomic mass is 9.93. The predicted molar refractivity (Wildman–Crippen MR) is 78.7 cm³/mol. The monoisotopic (exact) mass is 245 g/mol. The maximum absolute atomic E-state index is 5.30. The van der Waals surface area contributed by atoms with Gasteiger partial charge in [-0.1, -0.05) is 49.4 Å². The Hall–Kier alpha value is -1.57. The van der Waals surface area contributed by atoms with Gasteiger partial charge in [0.15, 0.2) is 0 Å². The standard InChI is InChI=1S/C14H17NO.C2H6/c1-11(2)15-16-10-13-8-5-7-12-6-3-4-9-14(12)13;1-2/h4-5,7-9H,3,6,10H2,1-2H3;1-2H3. The van der Waals surface area contributed by atoms with E-state index in [2.05, 4.69) is 35.5 Å². The summed E-state index contributed by atoms with van der Waals surface area (Å²) in [6.45, 7) is 8.42. The Bertz CT molecular complexity index is 429. The minimum absolute atomic E-state index is 0.554. The highest BCUT2D eigenvalue weighted by molar-refractivity contribution is 5.78.